The summed E-state index contributed by atoms with van der Waals surface area (Å²) >= 11 is 0. The minimum absolute atomic E-state index is 0.0266. The van der Waals surface area contributed by atoms with Gasteiger partial charge in [-0.15, -0.1) is 0 Å². The van der Waals surface area contributed by atoms with Crippen LogP contribution in [0.5, 0.6) is 0 Å². The van der Waals surface area contributed by atoms with Crippen LogP contribution in [0.2, 0.25) is 0 Å². The van der Waals surface area contributed by atoms with E-state index in [1.54, 1.807) is 12.7 Å². The van der Waals surface area contributed by atoms with Crippen LogP contribution in [-0.4, -0.2) is 30.8 Å². The molecular formula is C49H50BN5. The Balaban J connectivity index is 1.46. The summed E-state index contributed by atoms with van der Waals surface area (Å²) in [5.41, 5.74) is 17.9. The van der Waals surface area contributed by atoms with E-state index in [0.29, 0.717) is 5.82 Å². The molecule has 2 aliphatic rings. The smallest absolute Gasteiger partial charge is 0.252 e. The number of rotatable bonds is 1. The first-order chi connectivity index (χ1) is 25.8. The molecule has 0 bridgehead atoms. The van der Waals surface area contributed by atoms with Crippen LogP contribution in [-0.2, 0) is 21.7 Å². The maximum atomic E-state index is 4.74. The highest BCUT2D eigenvalue weighted by molar-refractivity contribution is 7.00. The third-order valence-corrected chi connectivity index (χ3v) is 12.5. The zero-order valence-electron chi connectivity index (χ0n) is 34.4. The average Bonchev–Trinajstić information content (AvgIpc) is 3.64. The fraction of sp³-hybridized carbons (Fsp3) is 0.327. The van der Waals surface area contributed by atoms with Gasteiger partial charge in [-0.05, 0) is 84.6 Å². The van der Waals surface area contributed by atoms with Gasteiger partial charge in [-0.1, -0.05) is 132 Å². The van der Waals surface area contributed by atoms with E-state index in [-0.39, 0.29) is 28.4 Å². The maximum absolute atomic E-state index is 4.74. The van der Waals surface area contributed by atoms with Crippen LogP contribution < -0.4 is 16.4 Å². The SMILES string of the molecule is CC(C)(C)c1cc(C(C)(C)C)c2c3cccc4c3n(c2c1)-c1cc(-c2ncncn2)cc2c1B4c1cccc3c4c(C(C)(C)C)cc(C(C)(C)C)cc4n-2c13. The van der Waals surface area contributed by atoms with Crippen molar-refractivity contribution in [1.82, 2.24) is 24.1 Å². The second-order valence-corrected chi connectivity index (χ2v) is 20.3. The number of hydrogen-bond acceptors (Lipinski definition) is 3. The first-order valence-electron chi connectivity index (χ1n) is 19.9. The van der Waals surface area contributed by atoms with Gasteiger partial charge in [0.1, 0.15) is 12.7 Å². The van der Waals surface area contributed by atoms with Gasteiger partial charge in [0.25, 0.3) is 6.71 Å². The van der Waals surface area contributed by atoms with E-state index >= 15 is 0 Å². The van der Waals surface area contributed by atoms with Crippen molar-refractivity contribution in [1.29, 1.82) is 0 Å². The van der Waals surface area contributed by atoms with Gasteiger partial charge in [0.15, 0.2) is 5.82 Å². The summed E-state index contributed by atoms with van der Waals surface area (Å²) in [4.78, 5) is 13.7. The Morgan fingerprint density at radius 2 is 0.945 bits per heavy atom. The highest BCUT2D eigenvalue weighted by Gasteiger charge is 2.42. The minimum atomic E-state index is -0.0604. The number of aromatic nitrogens is 5. The number of benzene rings is 5. The second kappa shape index (κ2) is 10.7. The van der Waals surface area contributed by atoms with Crippen LogP contribution >= 0.6 is 0 Å². The fourth-order valence-corrected chi connectivity index (χ4v) is 9.74. The van der Waals surface area contributed by atoms with Crippen molar-refractivity contribution < 1.29 is 0 Å². The molecule has 0 radical (unpaired) electrons. The van der Waals surface area contributed by atoms with Crippen molar-refractivity contribution in [2.75, 3.05) is 0 Å². The Kier molecular flexibility index (Phi) is 6.70. The summed E-state index contributed by atoms with van der Waals surface area (Å²) in [6.45, 7) is 28.2. The second-order valence-electron chi connectivity index (χ2n) is 20.3. The third-order valence-electron chi connectivity index (χ3n) is 12.5. The molecule has 5 heterocycles. The van der Waals surface area contributed by atoms with Gasteiger partial charge in [0, 0.05) is 49.5 Å². The number of para-hydroxylation sites is 2. The van der Waals surface area contributed by atoms with Gasteiger partial charge in [0.05, 0.1) is 11.0 Å². The molecule has 0 amide bonds. The lowest BCUT2D eigenvalue weighted by molar-refractivity contribution is 0.572. The van der Waals surface area contributed by atoms with E-state index < -0.39 is 0 Å². The predicted octanol–water partition coefficient (Wildman–Crippen LogP) is 10.1. The van der Waals surface area contributed by atoms with Crippen molar-refractivity contribution in [2.45, 2.75) is 105 Å². The van der Waals surface area contributed by atoms with Gasteiger partial charge in [-0.25, -0.2) is 15.0 Å². The predicted molar refractivity (Wildman–Crippen MR) is 233 cm³/mol. The Bertz CT molecular complexity index is 2770. The number of fused-ring (bicyclic) bond motifs is 10. The minimum Gasteiger partial charge on any atom is -0.310 e. The molecular weight excluding hydrogens is 669 g/mol. The largest absolute Gasteiger partial charge is 0.310 e. The highest BCUT2D eigenvalue weighted by Crippen LogP contribution is 2.46. The molecule has 8 aromatic rings. The van der Waals surface area contributed by atoms with Crippen LogP contribution in [0.1, 0.15) is 105 Å². The molecule has 0 saturated carbocycles. The van der Waals surface area contributed by atoms with Crippen LogP contribution in [0, 0.1) is 0 Å². The van der Waals surface area contributed by atoms with E-state index in [0.717, 1.165) is 5.56 Å². The average molecular weight is 720 g/mol. The van der Waals surface area contributed by atoms with Gasteiger partial charge in [-0.2, -0.15) is 0 Å². The first-order valence-corrected chi connectivity index (χ1v) is 19.9. The Labute approximate surface area is 324 Å². The number of hydrogen-bond donors (Lipinski definition) is 0. The Morgan fingerprint density at radius 1 is 0.509 bits per heavy atom. The quantitative estimate of drug-likeness (QED) is 0.159. The highest BCUT2D eigenvalue weighted by atomic mass is 15.0. The van der Waals surface area contributed by atoms with Crippen LogP contribution in [0.4, 0.5) is 0 Å². The van der Waals surface area contributed by atoms with Gasteiger partial charge in [0.2, 0.25) is 0 Å². The summed E-state index contributed by atoms with van der Waals surface area (Å²) in [6.07, 6.45) is 3.23. The summed E-state index contributed by atoms with van der Waals surface area (Å²) in [6, 6.07) is 28.7. The molecule has 0 N–H and O–H groups in total. The molecule has 3 aromatic heterocycles. The lowest BCUT2D eigenvalue weighted by atomic mass is 9.34. The van der Waals surface area contributed by atoms with Crippen molar-refractivity contribution in [2.24, 2.45) is 0 Å². The van der Waals surface area contributed by atoms with Gasteiger partial charge in [-0.3, -0.25) is 0 Å². The molecule has 6 heteroatoms. The summed E-state index contributed by atoms with van der Waals surface area (Å²) in [5.74, 6) is 0.681. The molecule has 274 valence electrons. The standard InChI is InChI=1S/C49H50BN5/c1-46(2,3)28-21-32(48(7,8)9)40-30-15-13-17-34-43(30)54(36(40)23-28)38-19-27(45-52-25-51-26-53-45)20-39-42(38)50(34)35-18-14-16-31-41-33(49(10,11)12)22-29(47(4,5)6)24-37(41)55(39)44(31)35/h13-26H,1-12H3. The Hall–Kier alpha value is -5.23. The van der Waals surface area contributed by atoms with Crippen molar-refractivity contribution in [3.8, 4) is 22.8 Å². The van der Waals surface area contributed by atoms with Crippen molar-refractivity contribution in [3.63, 3.8) is 0 Å². The molecule has 5 aromatic carbocycles. The number of nitrogens with zero attached hydrogens (tertiary/aromatic N) is 5. The zero-order chi connectivity index (χ0) is 38.7. The monoisotopic (exact) mass is 719 g/mol. The van der Waals surface area contributed by atoms with E-state index in [1.165, 1.54) is 93.6 Å². The molecule has 55 heavy (non-hydrogen) atoms. The van der Waals surface area contributed by atoms with Crippen molar-refractivity contribution in [3.05, 3.63) is 108 Å². The van der Waals surface area contributed by atoms with E-state index in [2.05, 4.69) is 170 Å². The zero-order valence-corrected chi connectivity index (χ0v) is 34.4. The normalized spacial score (nSPS) is 14.1. The Morgan fingerprint density at radius 3 is 1.35 bits per heavy atom. The van der Waals surface area contributed by atoms with Gasteiger partial charge < -0.3 is 9.13 Å². The van der Waals surface area contributed by atoms with Crippen molar-refractivity contribution >= 4 is 66.7 Å². The molecule has 0 unspecified atom stereocenters. The summed E-state index contributed by atoms with van der Waals surface area (Å²) in [5, 5.41) is 5.34. The van der Waals surface area contributed by atoms with E-state index in [1.807, 2.05) is 0 Å². The molecule has 5 nitrogen and oxygen atoms in total. The molecule has 0 saturated heterocycles. The van der Waals surface area contributed by atoms with Gasteiger partial charge >= 0.3 is 0 Å². The molecule has 0 fully saturated rings. The van der Waals surface area contributed by atoms with Crippen LogP contribution in [0.3, 0.4) is 0 Å². The summed E-state index contributed by atoms with van der Waals surface area (Å²) in [7, 11) is 0. The first kappa shape index (κ1) is 34.3. The molecule has 10 rings (SSSR count). The van der Waals surface area contributed by atoms with Crippen LogP contribution in [0.15, 0.2) is 85.5 Å². The topological polar surface area (TPSA) is 48.5 Å². The lowest BCUT2D eigenvalue weighted by Gasteiger charge is -2.34. The lowest BCUT2D eigenvalue weighted by Crippen LogP contribution is -2.59. The fourth-order valence-electron chi connectivity index (χ4n) is 9.74. The third kappa shape index (κ3) is 4.69. The molecule has 0 atom stereocenters. The maximum Gasteiger partial charge on any atom is 0.252 e. The van der Waals surface area contributed by atoms with E-state index in [9.17, 15) is 0 Å². The van der Waals surface area contributed by atoms with Crippen LogP contribution in [0.25, 0.3) is 66.4 Å². The molecule has 0 spiro atoms. The van der Waals surface area contributed by atoms with E-state index in [4.69, 9.17) is 9.97 Å². The summed E-state index contributed by atoms with van der Waals surface area (Å²) < 4.78 is 5.20. The molecule has 2 aliphatic heterocycles. The molecule has 0 aliphatic carbocycles.